The van der Waals surface area contributed by atoms with E-state index in [1.807, 2.05) is 18.2 Å². The van der Waals surface area contributed by atoms with Gasteiger partial charge in [-0.25, -0.2) is 9.37 Å². The van der Waals surface area contributed by atoms with Crippen LogP contribution < -0.4 is 10.6 Å². The first-order chi connectivity index (χ1) is 17.4. The third-order valence-electron chi connectivity index (χ3n) is 5.37. The molecule has 8 nitrogen and oxygen atoms in total. The number of H-pyrrole nitrogens is 1. The van der Waals surface area contributed by atoms with Gasteiger partial charge in [0.25, 0.3) is 0 Å². The molecule has 5 aromatic rings. The van der Waals surface area contributed by atoms with E-state index >= 15 is 0 Å². The molecule has 0 radical (unpaired) electrons. The molecule has 2 aromatic carbocycles. The highest BCUT2D eigenvalue weighted by Crippen LogP contribution is 2.37. The van der Waals surface area contributed by atoms with Crippen LogP contribution in [0.15, 0.2) is 61.1 Å². The number of hydrogen-bond acceptors (Lipinski definition) is 7. The summed E-state index contributed by atoms with van der Waals surface area (Å²) in [7, 11) is 0. The Kier molecular flexibility index (Phi) is 6.33. The molecule has 0 saturated carbocycles. The zero-order chi connectivity index (χ0) is 25.2. The summed E-state index contributed by atoms with van der Waals surface area (Å²) >= 11 is 13.0. The number of anilines is 3. The van der Waals surface area contributed by atoms with Crippen LogP contribution in [0.3, 0.4) is 0 Å². The van der Waals surface area contributed by atoms with Crippen LogP contribution in [0.2, 0.25) is 10.0 Å². The van der Waals surface area contributed by atoms with Crippen LogP contribution >= 0.6 is 23.2 Å². The minimum atomic E-state index is -1.23. The van der Waals surface area contributed by atoms with Gasteiger partial charge in [0.05, 0.1) is 45.9 Å². The zero-order valence-electron chi connectivity index (χ0n) is 18.1. The van der Waals surface area contributed by atoms with Gasteiger partial charge in [-0.3, -0.25) is 4.98 Å². The van der Waals surface area contributed by atoms with Gasteiger partial charge in [-0.05, 0) is 23.8 Å². The first kappa shape index (κ1) is 23.4. The Morgan fingerprint density at radius 1 is 0.972 bits per heavy atom. The Hall–Kier alpha value is -4.33. The average molecular weight is 523 g/mol. The number of nitriles is 1. The Bertz CT molecular complexity index is 1620. The second kappa shape index (κ2) is 9.73. The number of pyridine rings is 2. The molecule has 0 aliphatic carbocycles. The van der Waals surface area contributed by atoms with Gasteiger partial charge in [0.1, 0.15) is 11.8 Å². The average Bonchev–Trinajstić information content (AvgIpc) is 3.40. The molecule has 0 spiro atoms. The van der Waals surface area contributed by atoms with Crippen molar-refractivity contribution in [3.63, 3.8) is 0 Å². The van der Waals surface area contributed by atoms with E-state index in [0.29, 0.717) is 38.0 Å². The van der Waals surface area contributed by atoms with Crippen molar-refractivity contribution in [2.75, 3.05) is 10.6 Å². The fraction of sp³-hybridized carbons (Fsp3) is 0.0417. The smallest absolute Gasteiger partial charge is 0.249 e. The molecule has 36 heavy (non-hydrogen) atoms. The monoisotopic (exact) mass is 522 g/mol. The Morgan fingerprint density at radius 2 is 1.81 bits per heavy atom. The predicted molar refractivity (Wildman–Crippen MR) is 132 cm³/mol. The Morgan fingerprint density at radius 3 is 2.53 bits per heavy atom. The maximum Gasteiger partial charge on any atom is 0.249 e. The molecule has 0 aliphatic rings. The fourth-order valence-corrected chi connectivity index (χ4v) is 4.25. The number of benzene rings is 2. The van der Waals surface area contributed by atoms with Crippen LogP contribution in [0.25, 0.3) is 10.9 Å². The SMILES string of the molecule is N#Cc1cnc2c(Cl)cc(N[C@H](c3cn[nH]n3)c3ccccc3Cl)cc2c1Nc1cnc(F)c(F)c1. The molecule has 5 rings (SSSR count). The molecule has 3 heterocycles. The van der Waals surface area contributed by atoms with Crippen LogP contribution in [-0.4, -0.2) is 25.4 Å². The second-order valence-electron chi connectivity index (χ2n) is 7.63. The zero-order valence-corrected chi connectivity index (χ0v) is 19.6. The molecule has 0 saturated heterocycles. The molecule has 3 N–H and O–H groups in total. The minimum Gasteiger partial charge on any atom is -0.373 e. The van der Waals surface area contributed by atoms with Crippen molar-refractivity contribution in [1.29, 1.82) is 5.26 Å². The Labute approximate surface area is 212 Å². The van der Waals surface area contributed by atoms with Crippen molar-refractivity contribution in [3.05, 3.63) is 99.7 Å². The Balaban J connectivity index is 1.63. The van der Waals surface area contributed by atoms with E-state index in [1.165, 1.54) is 6.20 Å². The molecule has 12 heteroatoms. The van der Waals surface area contributed by atoms with E-state index in [4.69, 9.17) is 23.2 Å². The second-order valence-corrected chi connectivity index (χ2v) is 8.44. The summed E-state index contributed by atoms with van der Waals surface area (Å²) < 4.78 is 27.1. The molecule has 0 aliphatic heterocycles. The summed E-state index contributed by atoms with van der Waals surface area (Å²) in [5.41, 5.74) is 2.90. The third kappa shape index (κ3) is 4.49. The number of rotatable bonds is 6. The molecular formula is C24H14Cl2F2N8. The number of fused-ring (bicyclic) bond motifs is 1. The summed E-state index contributed by atoms with van der Waals surface area (Å²) in [5.74, 6) is -2.36. The van der Waals surface area contributed by atoms with Gasteiger partial charge >= 0.3 is 0 Å². The maximum absolute atomic E-state index is 13.8. The van der Waals surface area contributed by atoms with Crippen molar-refractivity contribution in [2.45, 2.75) is 6.04 Å². The molecule has 0 amide bonds. The standard InChI is InChI=1S/C24H14Cl2F2N8/c25-17-4-2-1-3-15(17)23(20-11-32-36-35-20)33-13-5-16-21(34-14-7-19(27)24(28)31-10-14)12(8-29)9-30-22(16)18(26)6-13/h1-7,9-11,23,33H,(H,30,34)(H,32,35,36)/t23-/m0/s1. The van der Waals surface area contributed by atoms with Crippen molar-refractivity contribution < 1.29 is 8.78 Å². The molecule has 0 bridgehead atoms. The number of nitrogens with one attached hydrogen (secondary N) is 3. The van der Waals surface area contributed by atoms with Gasteiger partial charge in [0.2, 0.25) is 5.95 Å². The number of nitrogens with zero attached hydrogens (tertiary/aromatic N) is 5. The highest BCUT2D eigenvalue weighted by molar-refractivity contribution is 6.36. The van der Waals surface area contributed by atoms with Crippen LogP contribution in [0, 0.1) is 23.1 Å². The van der Waals surface area contributed by atoms with Gasteiger partial charge in [0, 0.05) is 28.4 Å². The summed E-state index contributed by atoms with van der Waals surface area (Å²) in [4.78, 5) is 7.69. The number of aromatic nitrogens is 5. The fourth-order valence-electron chi connectivity index (χ4n) is 3.73. The van der Waals surface area contributed by atoms with E-state index in [0.717, 1.165) is 17.8 Å². The maximum atomic E-state index is 13.8. The molecule has 3 aromatic heterocycles. The molecule has 178 valence electrons. The van der Waals surface area contributed by atoms with Crippen LogP contribution in [0.5, 0.6) is 0 Å². The van der Waals surface area contributed by atoms with Crippen molar-refractivity contribution in [2.24, 2.45) is 0 Å². The molecule has 1 atom stereocenters. The van der Waals surface area contributed by atoms with E-state index in [1.54, 1.807) is 24.4 Å². The van der Waals surface area contributed by atoms with Gasteiger partial charge in [-0.1, -0.05) is 41.4 Å². The summed E-state index contributed by atoms with van der Waals surface area (Å²) in [6.45, 7) is 0. The van der Waals surface area contributed by atoms with Crippen molar-refractivity contribution in [3.8, 4) is 6.07 Å². The minimum absolute atomic E-state index is 0.143. The first-order valence-electron chi connectivity index (χ1n) is 10.4. The third-order valence-corrected chi connectivity index (χ3v) is 6.00. The number of aromatic amines is 1. The molecular weight excluding hydrogens is 509 g/mol. The van der Waals surface area contributed by atoms with Crippen molar-refractivity contribution >= 4 is 51.2 Å². The number of halogens is 4. The molecule has 0 fully saturated rings. The van der Waals surface area contributed by atoms with Crippen molar-refractivity contribution in [1.82, 2.24) is 25.4 Å². The topological polar surface area (TPSA) is 115 Å². The lowest BCUT2D eigenvalue weighted by atomic mass is 10.0. The lowest BCUT2D eigenvalue weighted by Crippen LogP contribution is -2.13. The van der Waals surface area contributed by atoms with Gasteiger partial charge < -0.3 is 10.6 Å². The van der Waals surface area contributed by atoms with E-state index < -0.39 is 17.8 Å². The normalized spacial score (nSPS) is 11.8. The lowest BCUT2D eigenvalue weighted by Gasteiger charge is -2.20. The van der Waals surface area contributed by atoms with Crippen LogP contribution in [-0.2, 0) is 0 Å². The van der Waals surface area contributed by atoms with Crippen LogP contribution in [0.4, 0.5) is 25.8 Å². The summed E-state index contributed by atoms with van der Waals surface area (Å²) in [6, 6.07) is 13.2. The first-order valence-corrected chi connectivity index (χ1v) is 11.2. The van der Waals surface area contributed by atoms with E-state index in [2.05, 4.69) is 42.1 Å². The van der Waals surface area contributed by atoms with Gasteiger partial charge in [0.15, 0.2) is 5.82 Å². The van der Waals surface area contributed by atoms with E-state index in [-0.39, 0.29) is 11.3 Å². The van der Waals surface area contributed by atoms with E-state index in [9.17, 15) is 14.0 Å². The number of hydrogen-bond donors (Lipinski definition) is 3. The quantitative estimate of drug-likeness (QED) is 0.229. The highest BCUT2D eigenvalue weighted by atomic mass is 35.5. The highest BCUT2D eigenvalue weighted by Gasteiger charge is 2.21. The lowest BCUT2D eigenvalue weighted by molar-refractivity contribution is 0.480. The largest absolute Gasteiger partial charge is 0.373 e. The summed E-state index contributed by atoms with van der Waals surface area (Å²) in [6.07, 6.45) is 4.04. The van der Waals surface area contributed by atoms with Crippen LogP contribution in [0.1, 0.15) is 22.9 Å². The predicted octanol–water partition coefficient (Wildman–Crippen LogP) is 6.15. The van der Waals surface area contributed by atoms with Gasteiger partial charge in [-0.2, -0.15) is 25.1 Å². The van der Waals surface area contributed by atoms with Gasteiger partial charge in [-0.15, -0.1) is 0 Å². The summed E-state index contributed by atoms with van der Waals surface area (Å²) in [5, 5.41) is 28.0. The molecule has 0 unspecified atom stereocenters.